The molecule has 4 aliphatic rings. The molecule has 0 amide bonds. The molecule has 0 aromatic rings. The molecule has 1 N–H and O–H groups in total. The second-order valence-electron chi connectivity index (χ2n) is 8.66. The molecule has 4 rings (SSSR count). The topological polar surface area (TPSA) is 37.3 Å². The van der Waals surface area contributed by atoms with E-state index in [9.17, 15) is 14.3 Å². The van der Waals surface area contributed by atoms with Gasteiger partial charge in [-0.25, -0.2) is 4.39 Å². The summed E-state index contributed by atoms with van der Waals surface area (Å²) >= 11 is 0. The highest BCUT2D eigenvalue weighted by Gasteiger charge is 2.63. The SMILES string of the molecule is C[C@]12C=CCCC1CC(O)[C@@H]1[C@H]2CC[C@]2(C)C(=O)C(F)C[C@@H]12. The molecule has 0 aromatic carbocycles. The van der Waals surface area contributed by atoms with Crippen LogP contribution in [0.15, 0.2) is 12.2 Å². The summed E-state index contributed by atoms with van der Waals surface area (Å²) in [5.74, 6) is 0.851. The van der Waals surface area contributed by atoms with Gasteiger partial charge >= 0.3 is 0 Å². The first-order valence-electron chi connectivity index (χ1n) is 8.92. The number of aliphatic hydroxyl groups is 1. The fourth-order valence-corrected chi connectivity index (χ4v) is 6.54. The Morgan fingerprint density at radius 2 is 2.00 bits per heavy atom. The lowest BCUT2D eigenvalue weighted by Gasteiger charge is -2.59. The van der Waals surface area contributed by atoms with Crippen LogP contribution in [0, 0.1) is 34.5 Å². The predicted octanol–water partition coefficient (Wildman–Crippen LogP) is 3.68. The van der Waals surface area contributed by atoms with Crippen LogP contribution in [0.2, 0.25) is 0 Å². The fraction of sp³-hybridized carbons (Fsp3) is 0.842. The summed E-state index contributed by atoms with van der Waals surface area (Å²) in [6.45, 7) is 4.29. The highest BCUT2D eigenvalue weighted by Crippen LogP contribution is 2.64. The molecule has 0 heterocycles. The van der Waals surface area contributed by atoms with Crippen molar-refractivity contribution in [3.63, 3.8) is 0 Å². The van der Waals surface area contributed by atoms with E-state index in [0.29, 0.717) is 18.3 Å². The maximum Gasteiger partial charge on any atom is 0.173 e. The molecule has 0 spiro atoms. The number of aliphatic hydroxyl groups excluding tert-OH is 1. The van der Waals surface area contributed by atoms with E-state index in [-0.39, 0.29) is 29.1 Å². The maximum atomic E-state index is 14.1. The zero-order valence-electron chi connectivity index (χ0n) is 13.6. The van der Waals surface area contributed by atoms with E-state index in [1.54, 1.807) is 0 Å². The number of halogens is 1. The summed E-state index contributed by atoms with van der Waals surface area (Å²) in [6.07, 6.45) is 8.14. The summed E-state index contributed by atoms with van der Waals surface area (Å²) in [5.41, 5.74) is -0.413. The normalized spacial score (nSPS) is 57.2. The molecule has 3 unspecified atom stereocenters. The third-order valence-electron chi connectivity index (χ3n) is 7.84. The molecule has 3 fully saturated rings. The number of rotatable bonds is 0. The third-order valence-corrected chi connectivity index (χ3v) is 7.84. The number of fused-ring (bicyclic) bond motifs is 5. The maximum absolute atomic E-state index is 14.1. The van der Waals surface area contributed by atoms with Gasteiger partial charge in [-0.2, -0.15) is 0 Å². The van der Waals surface area contributed by atoms with Gasteiger partial charge in [0.15, 0.2) is 12.0 Å². The van der Waals surface area contributed by atoms with Crippen molar-refractivity contribution < 1.29 is 14.3 Å². The molecule has 122 valence electrons. The van der Waals surface area contributed by atoms with Crippen LogP contribution in [0.5, 0.6) is 0 Å². The minimum Gasteiger partial charge on any atom is -0.393 e. The Hall–Kier alpha value is -0.700. The first-order chi connectivity index (χ1) is 10.4. The van der Waals surface area contributed by atoms with Gasteiger partial charge in [0.2, 0.25) is 0 Å². The lowest BCUT2D eigenvalue weighted by molar-refractivity contribution is -0.149. The van der Waals surface area contributed by atoms with Crippen molar-refractivity contribution in [1.29, 1.82) is 0 Å². The van der Waals surface area contributed by atoms with E-state index in [2.05, 4.69) is 19.1 Å². The van der Waals surface area contributed by atoms with Crippen LogP contribution in [0.25, 0.3) is 0 Å². The first kappa shape index (κ1) is 14.9. The smallest absolute Gasteiger partial charge is 0.173 e. The van der Waals surface area contributed by atoms with E-state index in [1.165, 1.54) is 0 Å². The van der Waals surface area contributed by atoms with Gasteiger partial charge in [0.25, 0.3) is 0 Å². The molecule has 0 aliphatic heterocycles. The van der Waals surface area contributed by atoms with Gasteiger partial charge in [-0.05, 0) is 67.6 Å². The molecule has 3 heteroatoms. The van der Waals surface area contributed by atoms with Crippen molar-refractivity contribution in [3.05, 3.63) is 12.2 Å². The molecule has 4 aliphatic carbocycles. The van der Waals surface area contributed by atoms with Crippen molar-refractivity contribution in [3.8, 4) is 0 Å². The van der Waals surface area contributed by atoms with Crippen LogP contribution >= 0.6 is 0 Å². The van der Waals surface area contributed by atoms with Crippen LogP contribution in [-0.2, 0) is 4.79 Å². The second-order valence-corrected chi connectivity index (χ2v) is 8.66. The fourth-order valence-electron chi connectivity index (χ4n) is 6.54. The predicted molar refractivity (Wildman–Crippen MR) is 82.9 cm³/mol. The van der Waals surface area contributed by atoms with Crippen LogP contribution in [-0.4, -0.2) is 23.2 Å². The van der Waals surface area contributed by atoms with E-state index in [1.807, 2.05) is 6.92 Å². The zero-order chi connectivity index (χ0) is 15.7. The average molecular weight is 306 g/mol. The van der Waals surface area contributed by atoms with E-state index < -0.39 is 11.6 Å². The summed E-state index contributed by atoms with van der Waals surface area (Å²) in [6, 6.07) is 0. The van der Waals surface area contributed by atoms with E-state index in [4.69, 9.17) is 0 Å². The number of carbonyl (C=O) groups is 1. The van der Waals surface area contributed by atoms with Crippen molar-refractivity contribution in [1.82, 2.24) is 0 Å². The quantitative estimate of drug-likeness (QED) is 0.693. The lowest BCUT2D eigenvalue weighted by atomic mass is 9.46. The Morgan fingerprint density at radius 3 is 2.77 bits per heavy atom. The number of ketones is 1. The van der Waals surface area contributed by atoms with E-state index >= 15 is 0 Å². The van der Waals surface area contributed by atoms with Crippen molar-refractivity contribution in [2.75, 3.05) is 0 Å². The minimum atomic E-state index is -1.31. The standard InChI is InChI=1S/C19H27FO2/c1-18-7-4-3-5-11(18)9-15(21)16-12(18)6-8-19(2)13(16)10-14(20)17(19)22/h4,7,11-16,21H,3,5-6,8-10H2,1-2H3/t11?,12-,13+,14?,15?,16-,18+,19+/m1/s1. The molecule has 2 nitrogen and oxygen atoms in total. The van der Waals surface area contributed by atoms with Crippen molar-refractivity contribution in [2.24, 2.45) is 34.5 Å². The summed E-state index contributed by atoms with van der Waals surface area (Å²) in [7, 11) is 0. The summed E-state index contributed by atoms with van der Waals surface area (Å²) in [4.78, 5) is 12.3. The zero-order valence-corrected chi connectivity index (χ0v) is 13.6. The molecule has 3 saturated carbocycles. The number of hydrogen-bond donors (Lipinski definition) is 1. The first-order valence-corrected chi connectivity index (χ1v) is 8.92. The van der Waals surface area contributed by atoms with Gasteiger partial charge in [-0.3, -0.25) is 4.79 Å². The highest BCUT2D eigenvalue weighted by molar-refractivity contribution is 5.91. The Kier molecular flexibility index (Phi) is 3.15. The average Bonchev–Trinajstić information content (AvgIpc) is 2.71. The number of alkyl halides is 1. The monoisotopic (exact) mass is 306 g/mol. The van der Waals surface area contributed by atoms with Crippen LogP contribution in [0.1, 0.15) is 52.4 Å². The summed E-state index contributed by atoms with van der Waals surface area (Å²) in [5, 5.41) is 10.8. The third kappa shape index (κ3) is 1.72. The Balaban J connectivity index is 1.74. The van der Waals surface area contributed by atoms with Gasteiger partial charge in [-0.1, -0.05) is 26.0 Å². The Labute approximate surface area is 132 Å². The molecular weight excluding hydrogens is 279 g/mol. The molecule has 22 heavy (non-hydrogen) atoms. The van der Waals surface area contributed by atoms with Crippen LogP contribution < -0.4 is 0 Å². The Morgan fingerprint density at radius 1 is 1.23 bits per heavy atom. The van der Waals surface area contributed by atoms with Crippen molar-refractivity contribution in [2.45, 2.75) is 64.6 Å². The molecular formula is C19H27FO2. The van der Waals surface area contributed by atoms with Gasteiger partial charge in [0.05, 0.1) is 6.10 Å². The van der Waals surface area contributed by atoms with Gasteiger partial charge in [-0.15, -0.1) is 0 Å². The number of carbonyl (C=O) groups excluding carboxylic acids is 1. The summed E-state index contributed by atoms with van der Waals surface area (Å²) < 4.78 is 14.1. The number of hydrogen-bond acceptors (Lipinski definition) is 2. The number of allylic oxidation sites excluding steroid dienone is 2. The van der Waals surface area contributed by atoms with Gasteiger partial charge in [0.1, 0.15) is 0 Å². The molecule has 0 radical (unpaired) electrons. The molecule has 0 saturated heterocycles. The minimum absolute atomic E-state index is 0.0249. The molecule has 8 atom stereocenters. The van der Waals surface area contributed by atoms with Crippen LogP contribution in [0.4, 0.5) is 4.39 Å². The highest BCUT2D eigenvalue weighted by atomic mass is 19.1. The number of Topliss-reactive ketones (excluding diaryl/α,β-unsaturated/α-hetero) is 1. The van der Waals surface area contributed by atoms with Gasteiger partial charge < -0.3 is 5.11 Å². The largest absolute Gasteiger partial charge is 0.393 e. The second kappa shape index (κ2) is 4.66. The van der Waals surface area contributed by atoms with Crippen molar-refractivity contribution >= 4 is 5.78 Å². The lowest BCUT2D eigenvalue weighted by Crippen LogP contribution is -2.56. The molecule has 0 aromatic heterocycles. The Bertz CT molecular complexity index is 530. The van der Waals surface area contributed by atoms with Crippen LogP contribution in [0.3, 0.4) is 0 Å². The van der Waals surface area contributed by atoms with Gasteiger partial charge in [0, 0.05) is 5.41 Å². The van der Waals surface area contributed by atoms with E-state index in [0.717, 1.165) is 32.1 Å². The molecule has 0 bridgehead atoms.